The van der Waals surface area contributed by atoms with E-state index in [2.05, 4.69) is 45.1 Å². The average molecular weight is 991 g/mol. The van der Waals surface area contributed by atoms with Crippen LogP contribution in [0.25, 0.3) is 11.0 Å². The Balaban J connectivity index is 1.30. The first-order chi connectivity index (χ1) is 31.2. The Morgan fingerprint density at radius 1 is 1.00 bits per heavy atom. The minimum absolute atomic E-state index is 0.0240. The quantitative estimate of drug-likeness (QED) is 0.0371. The molecule has 6 rings (SSSR count). The highest BCUT2D eigenvalue weighted by molar-refractivity contribution is 7.55. The van der Waals surface area contributed by atoms with Crippen LogP contribution >= 0.6 is 19.2 Å². The monoisotopic (exact) mass is 989 g/mol. The van der Waals surface area contributed by atoms with Crippen LogP contribution in [0.15, 0.2) is 6.20 Å². The number of halogens is 1. The number of tetrazole rings is 1. The van der Waals surface area contributed by atoms with E-state index in [0.717, 1.165) is 31.7 Å². The lowest BCUT2D eigenvalue weighted by molar-refractivity contribution is -0.209. The maximum Gasteiger partial charge on any atom is 0.416 e. The molecule has 22 nitrogen and oxygen atoms in total. The Morgan fingerprint density at radius 2 is 1.70 bits per heavy atom. The molecule has 3 aromatic heterocycles. The third-order valence-corrected chi connectivity index (χ3v) is 15.5. The van der Waals surface area contributed by atoms with Crippen molar-refractivity contribution < 1.29 is 61.0 Å². The molecule has 3 aromatic rings. The van der Waals surface area contributed by atoms with Crippen molar-refractivity contribution in [1.29, 1.82) is 0 Å². The smallest absolute Gasteiger partial charge is 0.416 e. The van der Waals surface area contributed by atoms with Crippen molar-refractivity contribution in [2.24, 2.45) is 0 Å². The fourth-order valence-corrected chi connectivity index (χ4v) is 10.8. The van der Waals surface area contributed by atoms with Gasteiger partial charge in [0.1, 0.15) is 37.3 Å². The number of carbonyl (C=O) groups excluding carboxylic acids is 1. The summed E-state index contributed by atoms with van der Waals surface area (Å²) in [7, 11) is -4.00. The van der Waals surface area contributed by atoms with Gasteiger partial charge >= 0.3 is 13.7 Å². The number of methoxy groups -OCH3 is 1. The first-order valence-corrected chi connectivity index (χ1v) is 28.3. The van der Waals surface area contributed by atoms with E-state index in [9.17, 15) is 4.79 Å². The van der Waals surface area contributed by atoms with Crippen LogP contribution in [-0.2, 0) is 69.6 Å². The second-order valence-corrected chi connectivity index (χ2v) is 27.4. The summed E-state index contributed by atoms with van der Waals surface area (Å²) in [6, 6.07) is 0.812. The Hall–Kier alpha value is -2.77. The number of fused-ring (bicyclic) bond motifs is 2. The average Bonchev–Trinajstić information content (AvgIpc) is 4.07. The van der Waals surface area contributed by atoms with Gasteiger partial charge in [-0.25, -0.2) is 14.2 Å². The molecule has 3 aliphatic rings. The van der Waals surface area contributed by atoms with Crippen molar-refractivity contribution in [3.63, 3.8) is 0 Å². The molecule has 5 atom stereocenters. The molecule has 0 spiro atoms. The number of rotatable bonds is 25. The lowest BCUT2D eigenvalue weighted by Gasteiger charge is -2.39. The first kappa shape index (κ1) is 52.6. The van der Waals surface area contributed by atoms with Crippen molar-refractivity contribution in [1.82, 2.24) is 40.0 Å². The number of amides is 1. The zero-order valence-corrected chi connectivity index (χ0v) is 42.9. The topological polar surface area (TPSA) is 226 Å². The van der Waals surface area contributed by atoms with Crippen LogP contribution in [0, 0.1) is 0 Å². The zero-order chi connectivity index (χ0) is 47.9. The predicted molar refractivity (Wildman–Crippen MR) is 243 cm³/mol. The molecular weight excluding hydrogens is 921 g/mol. The summed E-state index contributed by atoms with van der Waals surface area (Å²) >= 11 is 6.66. The maximum atomic E-state index is 15.1. The van der Waals surface area contributed by atoms with Gasteiger partial charge in [0, 0.05) is 27.8 Å². The summed E-state index contributed by atoms with van der Waals surface area (Å²) in [6.45, 7) is 19.4. The Morgan fingerprint density at radius 3 is 2.36 bits per heavy atom. The van der Waals surface area contributed by atoms with E-state index in [4.69, 9.17) is 68.4 Å². The second-order valence-electron chi connectivity index (χ2n) is 19.1. The molecule has 5 heterocycles. The molecule has 0 unspecified atom stereocenters. The Bertz CT molecular complexity index is 2090. The third kappa shape index (κ3) is 12.9. The van der Waals surface area contributed by atoms with Crippen molar-refractivity contribution in [3.05, 3.63) is 17.3 Å². The fraction of sp³-hybridized carbons (Fsp3) is 0.829. The molecule has 1 aliphatic carbocycles. The van der Waals surface area contributed by atoms with E-state index >= 15 is 4.57 Å². The number of carbonyl (C=O) groups is 1. The van der Waals surface area contributed by atoms with E-state index in [1.54, 1.807) is 50.6 Å². The Kier molecular flexibility index (Phi) is 17.8. The molecule has 372 valence electrons. The van der Waals surface area contributed by atoms with E-state index in [-0.39, 0.29) is 76.7 Å². The normalized spacial score (nSPS) is 22.3. The van der Waals surface area contributed by atoms with E-state index < -0.39 is 63.0 Å². The number of aromatic nitrogens is 8. The van der Waals surface area contributed by atoms with Crippen molar-refractivity contribution in [2.75, 3.05) is 64.9 Å². The molecule has 25 heteroatoms. The van der Waals surface area contributed by atoms with Crippen molar-refractivity contribution >= 4 is 50.2 Å². The van der Waals surface area contributed by atoms with Crippen molar-refractivity contribution in [2.45, 2.75) is 160 Å². The van der Waals surface area contributed by atoms with Gasteiger partial charge in [0.2, 0.25) is 10.6 Å². The molecule has 3 fully saturated rings. The number of hydrogen-bond donors (Lipinski definition) is 0. The van der Waals surface area contributed by atoms with Gasteiger partial charge < -0.3 is 51.7 Å². The van der Waals surface area contributed by atoms with Gasteiger partial charge in [-0.2, -0.15) is 15.1 Å². The van der Waals surface area contributed by atoms with Crippen LogP contribution in [-0.4, -0.2) is 155 Å². The molecule has 66 heavy (non-hydrogen) atoms. The minimum atomic E-state index is -4.23. The predicted octanol–water partition coefficient (Wildman–Crippen LogP) is 6.74. The summed E-state index contributed by atoms with van der Waals surface area (Å²) in [4.78, 5) is 24.6. The molecule has 0 radical (unpaired) electrons. The van der Waals surface area contributed by atoms with Gasteiger partial charge in [0.25, 0.3) is 0 Å². The first-order valence-electron chi connectivity index (χ1n) is 22.7. The highest BCUT2D eigenvalue weighted by atomic mass is 35.5. The number of ether oxygens (including phenoxy) is 9. The Labute approximate surface area is 392 Å². The van der Waals surface area contributed by atoms with Crippen LogP contribution in [0.1, 0.15) is 86.2 Å². The minimum Gasteiger partial charge on any atom is -0.443 e. The maximum absolute atomic E-state index is 15.1. The SMILES string of the molecule is CCOP(=O)(OCC)[C@](COCCOC)(COCc1nnnn1COCC[Si](C)(C)C)OC[C@H]1O[C@@H](n2ncc3c(N(C(=O)OC(C)(C)C)C4CCCC4)nc(Cl)nc32)[C@@H]2OC(C)(C)O[C@@H]21. The van der Waals surface area contributed by atoms with Crippen LogP contribution in [0.2, 0.25) is 31.0 Å². The number of nitrogens with zero attached hydrogens (tertiary/aromatic N) is 9. The highest BCUT2D eigenvalue weighted by Gasteiger charge is 2.59. The number of hydrogen-bond acceptors (Lipinski definition) is 19. The lowest BCUT2D eigenvalue weighted by atomic mass is 10.1. The van der Waals surface area contributed by atoms with Crippen LogP contribution < -0.4 is 4.90 Å². The summed E-state index contributed by atoms with van der Waals surface area (Å²) in [5.74, 6) is -0.399. The highest BCUT2D eigenvalue weighted by Crippen LogP contribution is 2.61. The second kappa shape index (κ2) is 22.3. The largest absolute Gasteiger partial charge is 0.443 e. The molecule has 1 saturated carbocycles. The van der Waals surface area contributed by atoms with Gasteiger partial charge in [-0.15, -0.1) is 5.10 Å². The summed E-state index contributed by atoms with van der Waals surface area (Å²) in [5, 5.41) is 15.3. The third-order valence-electron chi connectivity index (χ3n) is 11.0. The van der Waals surface area contributed by atoms with E-state index in [1.165, 1.54) is 4.68 Å². The molecule has 0 N–H and O–H groups in total. The van der Waals surface area contributed by atoms with Gasteiger partial charge in [0.15, 0.2) is 29.3 Å². The molecule has 0 aromatic carbocycles. The molecular formula is C41H69ClN9O13PSi. The lowest BCUT2D eigenvalue weighted by Crippen LogP contribution is -2.47. The van der Waals surface area contributed by atoms with Gasteiger partial charge in [-0.1, -0.05) is 32.5 Å². The number of anilines is 1. The van der Waals surface area contributed by atoms with Crippen LogP contribution in [0.3, 0.4) is 0 Å². The van der Waals surface area contributed by atoms with Gasteiger partial charge in [0.05, 0.1) is 57.8 Å². The standard InChI is InChI=1S/C41H69ClN9O13PSi/c1-12-59-65(53,60-13-2)41(25-55-19-18-54-8,26-57-24-31-46-47-48-49(31)27-56-20-21-66(9,10)11)58-23-30-32-33(63-40(6,7)62-32)36(61-30)51-35-29(22-43-51)34(44-37(42)45-35)50(28-16-14-15-17-28)38(52)64-39(3,4)5/h22,28,30,32-33,36H,12-21,23-27H2,1-11H3/t30-,32-,33-,36-,41-/m1/s1. The summed E-state index contributed by atoms with van der Waals surface area (Å²) in [5.41, 5.74) is -0.464. The van der Waals surface area contributed by atoms with Gasteiger partial charge in [-0.3, -0.25) is 9.46 Å². The van der Waals surface area contributed by atoms with Gasteiger partial charge in [-0.05, 0) is 89.4 Å². The van der Waals surface area contributed by atoms with Crippen LogP contribution in [0.4, 0.5) is 10.6 Å². The van der Waals surface area contributed by atoms with E-state index in [0.29, 0.717) is 23.5 Å². The molecule has 0 bridgehead atoms. The zero-order valence-electron chi connectivity index (χ0n) is 40.2. The fourth-order valence-electron chi connectivity index (χ4n) is 7.97. The molecule has 2 aliphatic heterocycles. The molecule has 2 saturated heterocycles. The van der Waals surface area contributed by atoms with Crippen LogP contribution in [0.5, 0.6) is 0 Å². The van der Waals surface area contributed by atoms with E-state index in [1.807, 2.05) is 20.8 Å². The van der Waals surface area contributed by atoms with Crippen molar-refractivity contribution in [3.8, 4) is 0 Å². The summed E-state index contributed by atoms with van der Waals surface area (Å²) < 4.78 is 85.9. The molecule has 1 amide bonds. The summed E-state index contributed by atoms with van der Waals surface area (Å²) in [6.07, 6.45) is 1.20.